The van der Waals surface area contributed by atoms with Crippen LogP contribution in [-0.2, 0) is 17.9 Å². The van der Waals surface area contributed by atoms with E-state index in [0.717, 1.165) is 5.56 Å². The van der Waals surface area contributed by atoms with Crippen molar-refractivity contribution < 1.29 is 14.6 Å². The van der Waals surface area contributed by atoms with Gasteiger partial charge in [-0.2, -0.15) is 5.10 Å². The minimum Gasteiger partial charge on any atom is -0.477 e. The van der Waals surface area contributed by atoms with Crippen LogP contribution in [0.3, 0.4) is 0 Å². The van der Waals surface area contributed by atoms with Crippen LogP contribution in [0.15, 0.2) is 36.5 Å². The second-order valence-corrected chi connectivity index (χ2v) is 4.24. The number of carboxylic acid groups (broad SMARTS) is 1. The molecule has 0 fully saturated rings. The third-order valence-corrected chi connectivity index (χ3v) is 2.78. The number of carboxylic acids is 1. The van der Waals surface area contributed by atoms with Gasteiger partial charge in [-0.1, -0.05) is 30.3 Å². The summed E-state index contributed by atoms with van der Waals surface area (Å²) in [5.41, 5.74) is 1.98. The summed E-state index contributed by atoms with van der Waals surface area (Å²) in [4.78, 5) is 11.1. The molecule has 0 unspecified atom stereocenters. The minimum absolute atomic E-state index is 0.225. The van der Waals surface area contributed by atoms with Gasteiger partial charge in [-0.25, -0.2) is 4.79 Å². The first-order valence-corrected chi connectivity index (χ1v) is 6.06. The predicted octanol–water partition coefficient (Wildman–Crippen LogP) is 2.11. The van der Waals surface area contributed by atoms with Crippen molar-refractivity contribution in [2.45, 2.75) is 20.1 Å². The van der Waals surface area contributed by atoms with Gasteiger partial charge in [0.15, 0.2) is 0 Å². The fourth-order valence-electron chi connectivity index (χ4n) is 1.84. The van der Waals surface area contributed by atoms with E-state index in [1.54, 1.807) is 13.1 Å². The standard InChI is InChI=1S/C14H16N2O3/c1-11-9-15-16(13(11)14(17)18)7-8-19-10-12-5-3-2-4-6-12/h2-6,9H,7-8,10H2,1H3,(H,17,18). The lowest BCUT2D eigenvalue weighted by Gasteiger charge is -2.06. The number of hydrogen-bond donors (Lipinski definition) is 1. The molecule has 2 aromatic rings. The van der Waals surface area contributed by atoms with Gasteiger partial charge in [0.2, 0.25) is 0 Å². The summed E-state index contributed by atoms with van der Waals surface area (Å²) in [5, 5.41) is 13.1. The van der Waals surface area contributed by atoms with Crippen molar-refractivity contribution in [3.05, 3.63) is 53.3 Å². The van der Waals surface area contributed by atoms with Crippen molar-refractivity contribution in [3.8, 4) is 0 Å². The Morgan fingerprint density at radius 3 is 2.79 bits per heavy atom. The molecule has 0 atom stereocenters. The molecule has 0 saturated carbocycles. The lowest BCUT2D eigenvalue weighted by molar-refractivity contribution is 0.0674. The maximum absolute atomic E-state index is 11.1. The topological polar surface area (TPSA) is 64.4 Å². The lowest BCUT2D eigenvalue weighted by Crippen LogP contribution is -2.14. The Morgan fingerprint density at radius 1 is 1.37 bits per heavy atom. The maximum Gasteiger partial charge on any atom is 0.354 e. The highest BCUT2D eigenvalue weighted by Crippen LogP contribution is 2.07. The summed E-state index contributed by atoms with van der Waals surface area (Å²) in [5.74, 6) is -0.960. The van der Waals surface area contributed by atoms with E-state index >= 15 is 0 Å². The van der Waals surface area contributed by atoms with E-state index in [1.807, 2.05) is 30.3 Å². The lowest BCUT2D eigenvalue weighted by atomic mass is 10.2. The predicted molar refractivity (Wildman–Crippen MR) is 70.0 cm³/mol. The maximum atomic E-state index is 11.1. The zero-order chi connectivity index (χ0) is 13.7. The van der Waals surface area contributed by atoms with Crippen LogP contribution in [-0.4, -0.2) is 27.5 Å². The Kier molecular flexibility index (Phi) is 4.30. The quantitative estimate of drug-likeness (QED) is 0.808. The van der Waals surface area contributed by atoms with Crippen LogP contribution in [0, 0.1) is 6.92 Å². The highest BCUT2D eigenvalue weighted by molar-refractivity contribution is 5.87. The summed E-state index contributed by atoms with van der Waals surface area (Å²) < 4.78 is 6.97. The molecule has 0 spiro atoms. The molecule has 1 N–H and O–H groups in total. The summed E-state index contributed by atoms with van der Waals surface area (Å²) in [6.45, 7) is 3.11. The third-order valence-electron chi connectivity index (χ3n) is 2.78. The van der Waals surface area contributed by atoms with Crippen LogP contribution in [0.4, 0.5) is 0 Å². The SMILES string of the molecule is Cc1cnn(CCOCc2ccccc2)c1C(=O)O. The fourth-order valence-corrected chi connectivity index (χ4v) is 1.84. The molecule has 19 heavy (non-hydrogen) atoms. The van der Waals surface area contributed by atoms with E-state index < -0.39 is 5.97 Å². The number of carbonyl (C=O) groups is 1. The van der Waals surface area contributed by atoms with Gasteiger partial charge in [-0.05, 0) is 12.5 Å². The molecule has 5 nitrogen and oxygen atoms in total. The van der Waals surface area contributed by atoms with Crippen molar-refractivity contribution in [3.63, 3.8) is 0 Å². The molecule has 0 aliphatic carbocycles. The van der Waals surface area contributed by atoms with Crippen LogP contribution in [0.2, 0.25) is 0 Å². The number of rotatable bonds is 6. The van der Waals surface area contributed by atoms with Crippen LogP contribution in [0.5, 0.6) is 0 Å². The van der Waals surface area contributed by atoms with Gasteiger partial charge in [-0.3, -0.25) is 4.68 Å². The molecule has 0 aliphatic rings. The highest BCUT2D eigenvalue weighted by Gasteiger charge is 2.14. The van der Waals surface area contributed by atoms with Crippen LogP contribution in [0.1, 0.15) is 21.6 Å². The highest BCUT2D eigenvalue weighted by atomic mass is 16.5. The molecular weight excluding hydrogens is 244 g/mol. The normalized spacial score (nSPS) is 10.6. The zero-order valence-corrected chi connectivity index (χ0v) is 10.7. The molecule has 2 rings (SSSR count). The van der Waals surface area contributed by atoms with Gasteiger partial charge in [0.1, 0.15) is 5.69 Å². The first-order chi connectivity index (χ1) is 9.18. The van der Waals surface area contributed by atoms with Crippen molar-refractivity contribution >= 4 is 5.97 Å². The van der Waals surface area contributed by atoms with Gasteiger partial charge in [-0.15, -0.1) is 0 Å². The first-order valence-electron chi connectivity index (χ1n) is 6.06. The number of nitrogens with zero attached hydrogens (tertiary/aromatic N) is 2. The van der Waals surface area contributed by atoms with Gasteiger partial charge < -0.3 is 9.84 Å². The Hall–Kier alpha value is -2.14. The number of aromatic carboxylic acids is 1. The van der Waals surface area contributed by atoms with E-state index in [2.05, 4.69) is 5.10 Å². The molecule has 0 saturated heterocycles. The molecule has 5 heteroatoms. The summed E-state index contributed by atoms with van der Waals surface area (Å²) >= 11 is 0. The molecule has 0 radical (unpaired) electrons. The van der Waals surface area contributed by atoms with Gasteiger partial charge in [0.25, 0.3) is 0 Å². The Morgan fingerprint density at radius 2 is 2.11 bits per heavy atom. The third kappa shape index (κ3) is 3.42. The Labute approximate surface area is 111 Å². The number of benzene rings is 1. The van der Waals surface area contributed by atoms with Crippen molar-refractivity contribution in [1.29, 1.82) is 0 Å². The van der Waals surface area contributed by atoms with Gasteiger partial charge in [0.05, 0.1) is 26.0 Å². The second-order valence-electron chi connectivity index (χ2n) is 4.24. The van der Waals surface area contributed by atoms with E-state index in [9.17, 15) is 4.79 Å². The molecule has 1 aromatic heterocycles. The second kappa shape index (κ2) is 6.15. The number of aromatic nitrogens is 2. The smallest absolute Gasteiger partial charge is 0.354 e. The van der Waals surface area contributed by atoms with E-state index in [0.29, 0.717) is 25.3 Å². The molecule has 1 aromatic carbocycles. The average Bonchev–Trinajstić information content (AvgIpc) is 2.77. The molecule has 1 heterocycles. The summed E-state index contributed by atoms with van der Waals surface area (Å²) in [6.07, 6.45) is 1.56. The molecule has 0 aliphatic heterocycles. The monoisotopic (exact) mass is 260 g/mol. The summed E-state index contributed by atoms with van der Waals surface area (Å²) in [6, 6.07) is 9.84. The van der Waals surface area contributed by atoms with Crippen LogP contribution >= 0.6 is 0 Å². The molecule has 0 bridgehead atoms. The van der Waals surface area contributed by atoms with Crippen molar-refractivity contribution in [2.75, 3.05) is 6.61 Å². The number of ether oxygens (including phenoxy) is 1. The van der Waals surface area contributed by atoms with Crippen LogP contribution < -0.4 is 0 Å². The van der Waals surface area contributed by atoms with Gasteiger partial charge >= 0.3 is 5.97 Å². The van der Waals surface area contributed by atoms with Crippen molar-refractivity contribution in [2.24, 2.45) is 0 Å². The van der Waals surface area contributed by atoms with E-state index in [4.69, 9.17) is 9.84 Å². The average molecular weight is 260 g/mol. The molecule has 100 valence electrons. The fraction of sp³-hybridized carbons (Fsp3) is 0.286. The minimum atomic E-state index is -0.960. The zero-order valence-electron chi connectivity index (χ0n) is 10.7. The van der Waals surface area contributed by atoms with Crippen LogP contribution in [0.25, 0.3) is 0 Å². The van der Waals surface area contributed by atoms with Crippen molar-refractivity contribution in [1.82, 2.24) is 9.78 Å². The largest absolute Gasteiger partial charge is 0.477 e. The number of hydrogen-bond acceptors (Lipinski definition) is 3. The van der Waals surface area contributed by atoms with E-state index in [-0.39, 0.29) is 5.69 Å². The molecule has 0 amide bonds. The Balaban J connectivity index is 1.85. The van der Waals surface area contributed by atoms with E-state index in [1.165, 1.54) is 4.68 Å². The number of aryl methyl sites for hydroxylation is 1. The molecular formula is C14H16N2O3. The van der Waals surface area contributed by atoms with Gasteiger partial charge in [0, 0.05) is 5.56 Å². The first kappa shape index (κ1) is 13.3. The summed E-state index contributed by atoms with van der Waals surface area (Å²) in [7, 11) is 0. The Bertz CT molecular complexity index is 549.